The molecule has 4 rings (SSSR count). The molecular formula is C19H16O9. The number of phenols is 1. The molecule has 0 fully saturated rings. The number of aliphatic hydroxyl groups excluding tert-OH is 2. The molecule has 0 spiro atoms. The number of hydrogen-bond acceptors (Lipinski definition) is 9. The molecule has 2 heterocycles. The van der Waals surface area contributed by atoms with Gasteiger partial charge in [-0.15, -0.1) is 0 Å². The van der Waals surface area contributed by atoms with E-state index in [1.54, 1.807) is 13.0 Å². The summed E-state index contributed by atoms with van der Waals surface area (Å²) in [6.45, 7) is 2.56. The van der Waals surface area contributed by atoms with E-state index in [1.807, 2.05) is 0 Å². The highest BCUT2D eigenvalue weighted by atomic mass is 16.6. The minimum Gasteiger partial charge on any atom is -0.507 e. The van der Waals surface area contributed by atoms with E-state index in [0.717, 1.165) is 0 Å². The third-order valence-corrected chi connectivity index (χ3v) is 4.84. The third kappa shape index (κ3) is 2.26. The van der Waals surface area contributed by atoms with Gasteiger partial charge in [-0.2, -0.15) is 0 Å². The summed E-state index contributed by atoms with van der Waals surface area (Å²) in [6, 6.07) is 1.56. The number of hydrogen-bond donors (Lipinski definition) is 3. The monoisotopic (exact) mass is 388 g/mol. The van der Waals surface area contributed by atoms with E-state index in [4.69, 9.17) is 18.9 Å². The normalized spacial score (nSPS) is 17.0. The Morgan fingerprint density at radius 3 is 2.43 bits per heavy atom. The molecule has 0 amide bonds. The van der Waals surface area contributed by atoms with Crippen LogP contribution in [-0.2, 0) is 11.3 Å². The Balaban J connectivity index is 2.08. The number of aliphatic hydroxyl groups is 2. The van der Waals surface area contributed by atoms with Crippen molar-refractivity contribution in [1.29, 1.82) is 0 Å². The minimum absolute atomic E-state index is 0.0260. The summed E-state index contributed by atoms with van der Waals surface area (Å²) in [5.41, 5.74) is 0.339. The summed E-state index contributed by atoms with van der Waals surface area (Å²) in [7, 11) is 1.40. The van der Waals surface area contributed by atoms with E-state index in [0.29, 0.717) is 5.56 Å². The number of cyclic esters (lactones) is 1. The van der Waals surface area contributed by atoms with Gasteiger partial charge in [0.25, 0.3) is 0 Å². The average molecular weight is 388 g/mol. The van der Waals surface area contributed by atoms with Crippen molar-refractivity contribution >= 4 is 11.9 Å². The number of esters is 2. The summed E-state index contributed by atoms with van der Waals surface area (Å²) in [4.78, 5) is 24.8. The van der Waals surface area contributed by atoms with Crippen molar-refractivity contribution in [2.75, 3.05) is 7.11 Å². The fourth-order valence-corrected chi connectivity index (χ4v) is 3.46. The number of phenolic OH excluding ortho intramolecular Hbond substituents is 1. The Morgan fingerprint density at radius 2 is 1.79 bits per heavy atom. The van der Waals surface area contributed by atoms with Crippen molar-refractivity contribution in [1.82, 2.24) is 0 Å². The molecule has 0 aliphatic carbocycles. The highest BCUT2D eigenvalue weighted by Crippen LogP contribution is 2.53. The first-order valence-electron chi connectivity index (χ1n) is 8.29. The molecule has 3 N–H and O–H groups in total. The third-order valence-electron chi connectivity index (χ3n) is 4.84. The number of aromatic hydroxyl groups is 1. The molecule has 2 aromatic rings. The number of carbonyl (C=O) groups excluding carboxylic acids is 2. The van der Waals surface area contributed by atoms with Crippen LogP contribution in [0, 0.1) is 13.8 Å². The maximum atomic E-state index is 12.8. The van der Waals surface area contributed by atoms with Crippen LogP contribution in [0.1, 0.15) is 49.3 Å². The Kier molecular flexibility index (Phi) is 3.95. The van der Waals surface area contributed by atoms with Crippen LogP contribution in [0.5, 0.6) is 28.7 Å². The molecule has 1 atom stereocenters. The highest BCUT2D eigenvalue weighted by molar-refractivity contribution is 6.02. The van der Waals surface area contributed by atoms with E-state index in [-0.39, 0.29) is 50.8 Å². The largest absolute Gasteiger partial charge is 0.507 e. The zero-order valence-electron chi connectivity index (χ0n) is 15.2. The molecule has 0 aromatic heterocycles. The number of benzene rings is 2. The van der Waals surface area contributed by atoms with Gasteiger partial charge in [-0.25, -0.2) is 9.59 Å². The van der Waals surface area contributed by atoms with Gasteiger partial charge in [-0.3, -0.25) is 0 Å². The molecule has 2 aliphatic rings. The number of methoxy groups -OCH3 is 1. The van der Waals surface area contributed by atoms with E-state index >= 15 is 0 Å². The molecule has 28 heavy (non-hydrogen) atoms. The molecular weight excluding hydrogens is 372 g/mol. The lowest BCUT2D eigenvalue weighted by molar-refractivity contribution is -0.0555. The first-order chi connectivity index (χ1) is 13.3. The maximum absolute atomic E-state index is 12.8. The van der Waals surface area contributed by atoms with Gasteiger partial charge < -0.3 is 34.3 Å². The van der Waals surface area contributed by atoms with Crippen LogP contribution in [0.3, 0.4) is 0 Å². The van der Waals surface area contributed by atoms with Gasteiger partial charge in [-0.05, 0) is 25.5 Å². The number of rotatable bonds is 2. The number of fused-ring (bicyclic) bond motifs is 4. The smallest absolute Gasteiger partial charge is 0.347 e. The molecule has 9 nitrogen and oxygen atoms in total. The number of ether oxygens (including phenoxy) is 4. The standard InChI is InChI=1S/C19H16O9/c1-6-4-9(25-3)8(5-20)15-10(6)17(22)27-14-7(2)13(21)11-12(16(14)26-15)19(24)28-18(11)23/h4,19-21,24H,5H2,1-3H3. The fraction of sp³-hybridized carbons (Fsp3) is 0.263. The molecule has 9 heteroatoms. The SMILES string of the molecule is COc1cc(C)c2c(c1CO)Oc1c(c(C)c(O)c3c1C(O)OC3=O)OC2=O. The fourth-order valence-electron chi connectivity index (χ4n) is 3.46. The highest BCUT2D eigenvalue weighted by Gasteiger charge is 2.42. The number of aryl methyl sites for hydroxylation is 1. The zero-order valence-corrected chi connectivity index (χ0v) is 15.2. The Labute approximate surface area is 158 Å². The van der Waals surface area contributed by atoms with Gasteiger partial charge >= 0.3 is 11.9 Å². The van der Waals surface area contributed by atoms with Crippen molar-refractivity contribution in [2.45, 2.75) is 26.7 Å². The molecule has 0 saturated heterocycles. The summed E-state index contributed by atoms with van der Waals surface area (Å²) >= 11 is 0. The maximum Gasteiger partial charge on any atom is 0.347 e. The summed E-state index contributed by atoms with van der Waals surface area (Å²) in [5, 5.41) is 30.4. The van der Waals surface area contributed by atoms with Crippen LogP contribution < -0.4 is 14.2 Å². The van der Waals surface area contributed by atoms with Crippen LogP contribution in [-0.4, -0.2) is 34.4 Å². The van der Waals surface area contributed by atoms with Crippen LogP contribution in [0.4, 0.5) is 0 Å². The Hall–Kier alpha value is -3.30. The van der Waals surface area contributed by atoms with Gasteiger partial charge in [0, 0.05) is 5.56 Å². The van der Waals surface area contributed by atoms with Crippen LogP contribution >= 0.6 is 0 Å². The second kappa shape index (κ2) is 6.11. The molecule has 0 bridgehead atoms. The zero-order chi connectivity index (χ0) is 20.3. The lowest BCUT2D eigenvalue weighted by atomic mass is 10.0. The second-order valence-corrected chi connectivity index (χ2v) is 6.41. The lowest BCUT2D eigenvalue weighted by Crippen LogP contribution is -2.11. The van der Waals surface area contributed by atoms with Gasteiger partial charge in [0.15, 0.2) is 17.2 Å². The van der Waals surface area contributed by atoms with Crippen molar-refractivity contribution in [3.05, 3.63) is 39.4 Å². The Morgan fingerprint density at radius 1 is 1.07 bits per heavy atom. The second-order valence-electron chi connectivity index (χ2n) is 6.41. The first kappa shape index (κ1) is 18.1. The van der Waals surface area contributed by atoms with Crippen molar-refractivity contribution < 1.29 is 43.9 Å². The molecule has 2 aromatic carbocycles. The predicted octanol–water partition coefficient (Wildman–Crippen LogP) is 2.00. The molecule has 2 aliphatic heterocycles. The molecule has 0 saturated carbocycles. The molecule has 0 radical (unpaired) electrons. The predicted molar refractivity (Wildman–Crippen MR) is 91.9 cm³/mol. The summed E-state index contributed by atoms with van der Waals surface area (Å²) in [5.74, 6) is -2.25. The van der Waals surface area contributed by atoms with Gasteiger partial charge in [-0.1, -0.05) is 0 Å². The van der Waals surface area contributed by atoms with Gasteiger partial charge in [0.1, 0.15) is 22.6 Å². The van der Waals surface area contributed by atoms with E-state index < -0.39 is 30.6 Å². The minimum atomic E-state index is -1.72. The lowest BCUT2D eigenvalue weighted by Gasteiger charge is -2.18. The van der Waals surface area contributed by atoms with Crippen LogP contribution in [0.15, 0.2) is 6.07 Å². The van der Waals surface area contributed by atoms with Crippen molar-refractivity contribution in [3.8, 4) is 28.7 Å². The molecule has 146 valence electrons. The topological polar surface area (TPSA) is 132 Å². The summed E-state index contributed by atoms with van der Waals surface area (Å²) < 4.78 is 21.4. The van der Waals surface area contributed by atoms with Crippen LogP contribution in [0.25, 0.3) is 0 Å². The summed E-state index contributed by atoms with van der Waals surface area (Å²) in [6.07, 6.45) is -1.72. The van der Waals surface area contributed by atoms with Crippen molar-refractivity contribution in [3.63, 3.8) is 0 Å². The van der Waals surface area contributed by atoms with Gasteiger partial charge in [0.2, 0.25) is 6.29 Å². The van der Waals surface area contributed by atoms with E-state index in [9.17, 15) is 24.9 Å². The van der Waals surface area contributed by atoms with Crippen molar-refractivity contribution in [2.24, 2.45) is 0 Å². The quantitative estimate of drug-likeness (QED) is 0.522. The first-order valence-corrected chi connectivity index (χ1v) is 8.29. The van der Waals surface area contributed by atoms with E-state index in [2.05, 4.69) is 0 Å². The number of carbonyl (C=O) groups is 2. The Bertz CT molecular complexity index is 1050. The average Bonchev–Trinajstić information content (AvgIpc) is 2.85. The van der Waals surface area contributed by atoms with Crippen LogP contribution in [0.2, 0.25) is 0 Å². The van der Waals surface area contributed by atoms with Gasteiger partial charge in [0.05, 0.1) is 24.8 Å². The molecule has 1 unspecified atom stereocenters. The van der Waals surface area contributed by atoms with E-state index in [1.165, 1.54) is 14.0 Å².